The number of nitrogens with zero attached hydrogens (tertiary/aromatic N) is 3. The van der Waals surface area contributed by atoms with Crippen LogP contribution in [0.5, 0.6) is 5.88 Å². The van der Waals surface area contributed by atoms with E-state index in [4.69, 9.17) is 0 Å². The first-order valence-corrected chi connectivity index (χ1v) is 8.46. The smallest absolute Gasteiger partial charge is 0.254 e. The van der Waals surface area contributed by atoms with Gasteiger partial charge in [-0.2, -0.15) is 5.11 Å². The summed E-state index contributed by atoms with van der Waals surface area (Å²) in [6.07, 6.45) is 3.36. The van der Waals surface area contributed by atoms with Gasteiger partial charge in [0.2, 0.25) is 5.88 Å². The van der Waals surface area contributed by atoms with Crippen LogP contribution >= 0.6 is 0 Å². The standard InChI is InChI=1S/C21H20N4O2/c1-3-13-25(14-4-2)21(27)15-9-11-16(12-10-15)23-24-19-17-7-5-6-8-18(17)22-20(19)26/h3-12,22,26H,1-2,13-14H2. The molecule has 1 heterocycles. The van der Waals surface area contributed by atoms with E-state index in [-0.39, 0.29) is 11.8 Å². The summed E-state index contributed by atoms with van der Waals surface area (Å²) in [6, 6.07) is 14.3. The molecule has 2 aromatic carbocycles. The highest BCUT2D eigenvalue weighted by molar-refractivity contribution is 5.95. The van der Waals surface area contributed by atoms with Crippen molar-refractivity contribution in [1.82, 2.24) is 9.88 Å². The predicted molar refractivity (Wildman–Crippen MR) is 107 cm³/mol. The van der Waals surface area contributed by atoms with Gasteiger partial charge in [-0.3, -0.25) is 4.79 Å². The largest absolute Gasteiger partial charge is 0.493 e. The van der Waals surface area contributed by atoms with E-state index in [1.165, 1.54) is 0 Å². The van der Waals surface area contributed by atoms with Gasteiger partial charge >= 0.3 is 0 Å². The number of nitrogens with one attached hydrogen (secondary N) is 1. The third kappa shape index (κ3) is 3.95. The number of hydrogen-bond donors (Lipinski definition) is 2. The fourth-order valence-corrected chi connectivity index (χ4v) is 2.73. The minimum Gasteiger partial charge on any atom is -0.493 e. The Labute approximate surface area is 157 Å². The van der Waals surface area contributed by atoms with Gasteiger partial charge in [0, 0.05) is 24.0 Å². The third-order valence-electron chi connectivity index (χ3n) is 4.03. The van der Waals surface area contributed by atoms with Crippen LogP contribution in [0.25, 0.3) is 10.9 Å². The van der Waals surface area contributed by atoms with E-state index in [0.29, 0.717) is 30.0 Å². The molecule has 0 unspecified atom stereocenters. The number of carbonyl (C=O) groups is 1. The average molecular weight is 360 g/mol. The second kappa shape index (κ2) is 8.14. The molecule has 0 aliphatic heterocycles. The number of carbonyl (C=O) groups excluding carboxylic acids is 1. The number of amides is 1. The summed E-state index contributed by atoms with van der Waals surface area (Å²) in [5, 5.41) is 19.1. The first kappa shape index (κ1) is 18.1. The molecule has 3 rings (SSSR count). The van der Waals surface area contributed by atoms with Crippen LogP contribution in [-0.2, 0) is 0 Å². The van der Waals surface area contributed by atoms with E-state index in [2.05, 4.69) is 28.4 Å². The number of H-pyrrole nitrogens is 1. The Hall–Kier alpha value is -3.67. The molecular formula is C21H20N4O2. The molecule has 6 nitrogen and oxygen atoms in total. The quantitative estimate of drug-likeness (QED) is 0.454. The van der Waals surface area contributed by atoms with Crippen molar-refractivity contribution in [3.63, 3.8) is 0 Å². The van der Waals surface area contributed by atoms with Crippen LogP contribution in [0.4, 0.5) is 11.4 Å². The lowest BCUT2D eigenvalue weighted by atomic mass is 10.2. The van der Waals surface area contributed by atoms with Crippen LogP contribution in [0.3, 0.4) is 0 Å². The van der Waals surface area contributed by atoms with Crippen molar-refractivity contribution in [3.05, 3.63) is 79.4 Å². The second-order valence-electron chi connectivity index (χ2n) is 5.90. The van der Waals surface area contributed by atoms with E-state index >= 15 is 0 Å². The van der Waals surface area contributed by atoms with Gasteiger partial charge in [0.05, 0.1) is 11.2 Å². The number of fused-ring (bicyclic) bond motifs is 1. The van der Waals surface area contributed by atoms with Crippen LogP contribution in [0, 0.1) is 0 Å². The van der Waals surface area contributed by atoms with Crippen molar-refractivity contribution >= 4 is 28.2 Å². The van der Waals surface area contributed by atoms with Gasteiger partial charge in [-0.05, 0) is 30.3 Å². The Morgan fingerprint density at radius 2 is 1.70 bits per heavy atom. The third-order valence-corrected chi connectivity index (χ3v) is 4.03. The highest BCUT2D eigenvalue weighted by Crippen LogP contribution is 2.36. The molecule has 3 aromatic rings. The molecule has 6 heteroatoms. The van der Waals surface area contributed by atoms with Crippen LogP contribution in [0.2, 0.25) is 0 Å². The molecule has 136 valence electrons. The van der Waals surface area contributed by atoms with E-state index < -0.39 is 0 Å². The summed E-state index contributed by atoms with van der Waals surface area (Å²) in [5.74, 6) is -0.135. The SMILES string of the molecule is C=CCN(CC=C)C(=O)c1ccc(N=Nc2c(O)[nH]c3ccccc23)cc1. The highest BCUT2D eigenvalue weighted by Gasteiger charge is 2.13. The van der Waals surface area contributed by atoms with Crippen LogP contribution in [0.15, 0.2) is 84.1 Å². The van der Waals surface area contributed by atoms with Gasteiger partial charge in [-0.25, -0.2) is 0 Å². The van der Waals surface area contributed by atoms with Gasteiger partial charge < -0.3 is 15.0 Å². The normalized spacial score (nSPS) is 11.0. The molecule has 0 aliphatic carbocycles. The fourth-order valence-electron chi connectivity index (χ4n) is 2.73. The van der Waals surface area contributed by atoms with E-state index in [9.17, 15) is 9.90 Å². The topological polar surface area (TPSA) is 81.1 Å². The summed E-state index contributed by atoms with van der Waals surface area (Å²) < 4.78 is 0. The van der Waals surface area contributed by atoms with Gasteiger partial charge in [-0.15, -0.1) is 18.3 Å². The molecule has 0 fully saturated rings. The Morgan fingerprint density at radius 3 is 2.37 bits per heavy atom. The van der Waals surface area contributed by atoms with Gasteiger partial charge in [-0.1, -0.05) is 30.4 Å². The minimum absolute atomic E-state index is 0.0313. The van der Waals surface area contributed by atoms with E-state index in [0.717, 1.165) is 10.9 Å². The number of rotatable bonds is 7. The van der Waals surface area contributed by atoms with Gasteiger partial charge in [0.25, 0.3) is 5.91 Å². The lowest BCUT2D eigenvalue weighted by molar-refractivity contribution is 0.0791. The van der Waals surface area contributed by atoms with Crippen LogP contribution in [-0.4, -0.2) is 34.0 Å². The fraction of sp³-hybridized carbons (Fsp3) is 0.0952. The molecule has 27 heavy (non-hydrogen) atoms. The number of aromatic nitrogens is 1. The summed E-state index contributed by atoms with van der Waals surface area (Å²) in [6.45, 7) is 8.24. The van der Waals surface area contributed by atoms with Crippen molar-refractivity contribution in [2.24, 2.45) is 10.2 Å². The summed E-state index contributed by atoms with van der Waals surface area (Å²) in [7, 11) is 0. The first-order chi connectivity index (χ1) is 13.1. The molecule has 0 saturated heterocycles. The molecule has 0 radical (unpaired) electrons. The number of aromatic amines is 1. The maximum absolute atomic E-state index is 12.5. The Kier molecular flexibility index (Phi) is 5.47. The van der Waals surface area contributed by atoms with Gasteiger partial charge in [0.15, 0.2) is 5.69 Å². The zero-order chi connectivity index (χ0) is 19.2. The lowest BCUT2D eigenvalue weighted by Crippen LogP contribution is -2.31. The van der Waals surface area contributed by atoms with Gasteiger partial charge in [0.1, 0.15) is 0 Å². The molecule has 2 N–H and O–H groups in total. The number of benzene rings is 2. The van der Waals surface area contributed by atoms with Crippen molar-refractivity contribution in [2.75, 3.05) is 13.1 Å². The molecule has 1 amide bonds. The van der Waals surface area contributed by atoms with E-state index in [1.807, 2.05) is 24.3 Å². The van der Waals surface area contributed by atoms with E-state index in [1.54, 1.807) is 41.3 Å². The van der Waals surface area contributed by atoms with Crippen LogP contribution < -0.4 is 0 Å². The molecule has 0 saturated carbocycles. The zero-order valence-electron chi connectivity index (χ0n) is 14.8. The number of aromatic hydroxyl groups is 1. The number of para-hydroxylation sites is 1. The number of hydrogen-bond acceptors (Lipinski definition) is 4. The summed E-state index contributed by atoms with van der Waals surface area (Å²) in [4.78, 5) is 17.0. The minimum atomic E-state index is -0.104. The predicted octanol–water partition coefficient (Wildman–Crippen LogP) is 5.10. The molecular weight excluding hydrogens is 340 g/mol. The Balaban J connectivity index is 1.80. The Morgan fingerprint density at radius 1 is 1.04 bits per heavy atom. The van der Waals surface area contributed by atoms with Crippen molar-refractivity contribution in [2.45, 2.75) is 0 Å². The zero-order valence-corrected chi connectivity index (χ0v) is 14.8. The van der Waals surface area contributed by atoms with Crippen molar-refractivity contribution in [1.29, 1.82) is 0 Å². The average Bonchev–Trinajstić information content (AvgIpc) is 3.01. The molecule has 0 aliphatic rings. The molecule has 0 spiro atoms. The lowest BCUT2D eigenvalue weighted by Gasteiger charge is -2.19. The molecule has 0 atom stereocenters. The maximum atomic E-state index is 12.5. The van der Waals surface area contributed by atoms with Crippen molar-refractivity contribution in [3.8, 4) is 5.88 Å². The monoisotopic (exact) mass is 360 g/mol. The summed E-state index contributed by atoms with van der Waals surface area (Å²) >= 11 is 0. The molecule has 0 bridgehead atoms. The maximum Gasteiger partial charge on any atom is 0.254 e. The summed E-state index contributed by atoms with van der Waals surface area (Å²) in [5.41, 5.74) is 2.30. The number of azo groups is 1. The second-order valence-corrected chi connectivity index (χ2v) is 5.90. The Bertz CT molecular complexity index is 993. The molecule has 1 aromatic heterocycles. The first-order valence-electron chi connectivity index (χ1n) is 8.46. The van der Waals surface area contributed by atoms with Crippen molar-refractivity contribution < 1.29 is 9.90 Å². The van der Waals surface area contributed by atoms with Crippen LogP contribution in [0.1, 0.15) is 10.4 Å². The highest BCUT2D eigenvalue weighted by atomic mass is 16.3.